The topological polar surface area (TPSA) is 108 Å². The van der Waals surface area contributed by atoms with E-state index in [4.69, 9.17) is 5.73 Å². The third-order valence-electron chi connectivity index (χ3n) is 5.49. The number of nitrogens with one attached hydrogen (secondary N) is 1. The molecule has 31 heavy (non-hydrogen) atoms. The van der Waals surface area contributed by atoms with Gasteiger partial charge in [-0.15, -0.1) is 0 Å². The average Bonchev–Trinajstić information content (AvgIpc) is 3.12. The largest absolute Gasteiger partial charge is 0.383 e. The van der Waals surface area contributed by atoms with Crippen LogP contribution >= 0.6 is 10.6 Å². The summed E-state index contributed by atoms with van der Waals surface area (Å²) in [6.07, 6.45) is 2.29. The van der Waals surface area contributed by atoms with Crippen LogP contribution in [-0.2, 0) is 6.54 Å². The van der Waals surface area contributed by atoms with Crippen molar-refractivity contribution in [1.82, 2.24) is 10.3 Å². The summed E-state index contributed by atoms with van der Waals surface area (Å²) in [6.45, 7) is 0.306. The molecule has 1 atom stereocenters. The predicted molar refractivity (Wildman–Crippen MR) is 122 cm³/mol. The lowest BCUT2D eigenvalue weighted by molar-refractivity contribution is 0.0947. The van der Waals surface area contributed by atoms with Gasteiger partial charge in [0.1, 0.15) is 11.6 Å². The molecule has 2 aromatic carbocycles. The summed E-state index contributed by atoms with van der Waals surface area (Å²) in [5, 5.41) is 2.72. The maximum atomic E-state index is 14.8. The van der Waals surface area contributed by atoms with Crippen LogP contribution in [0.4, 0.5) is 10.2 Å². The van der Waals surface area contributed by atoms with Crippen LogP contribution in [0.3, 0.4) is 0 Å². The lowest BCUT2D eigenvalue weighted by atomic mass is 9.96. The van der Waals surface area contributed by atoms with Crippen molar-refractivity contribution in [3.63, 3.8) is 0 Å². The van der Waals surface area contributed by atoms with Crippen LogP contribution in [0.15, 0.2) is 60.8 Å². The van der Waals surface area contributed by atoms with Crippen LogP contribution in [0.1, 0.15) is 33.8 Å². The number of rotatable bonds is 5. The minimum atomic E-state index is -2.54. The average molecular weight is 442 g/mol. The van der Waals surface area contributed by atoms with Crippen LogP contribution in [0.25, 0.3) is 11.1 Å². The van der Waals surface area contributed by atoms with E-state index >= 15 is 0 Å². The fraction of sp³-hybridized carbons (Fsp3) is 0.217. The highest BCUT2D eigenvalue weighted by atomic mass is 32.3. The summed E-state index contributed by atoms with van der Waals surface area (Å²) in [7, 11) is -2.54. The molecule has 1 amide bonds. The molecule has 0 spiro atoms. The van der Waals surface area contributed by atoms with Crippen molar-refractivity contribution in [3.8, 4) is 11.1 Å². The van der Waals surface area contributed by atoms with Gasteiger partial charge >= 0.3 is 0 Å². The highest BCUT2D eigenvalue weighted by molar-refractivity contribution is 8.24. The van der Waals surface area contributed by atoms with Crippen molar-refractivity contribution in [3.05, 3.63) is 83.3 Å². The lowest BCUT2D eigenvalue weighted by Crippen LogP contribution is -2.23. The maximum Gasteiger partial charge on any atom is 0.254 e. The molecule has 1 aliphatic heterocycles. The van der Waals surface area contributed by atoms with E-state index in [1.165, 1.54) is 12.1 Å². The van der Waals surface area contributed by atoms with Gasteiger partial charge in [0.15, 0.2) is 0 Å². The van der Waals surface area contributed by atoms with E-state index in [1.807, 2.05) is 36.4 Å². The number of carbonyl (C=O) groups is 1. The Labute approximate surface area is 181 Å². The van der Waals surface area contributed by atoms with Crippen molar-refractivity contribution in [1.29, 1.82) is 0 Å². The van der Waals surface area contributed by atoms with Crippen LogP contribution in [0, 0.1) is 5.82 Å². The molecule has 0 aliphatic carbocycles. The molecule has 1 saturated heterocycles. The molecule has 0 radical (unpaired) electrons. The number of nitrogens with two attached hydrogens (primary N) is 1. The summed E-state index contributed by atoms with van der Waals surface area (Å²) in [5.41, 5.74) is 8.80. The number of anilines is 1. The summed E-state index contributed by atoms with van der Waals surface area (Å²) in [4.78, 5) is 16.6. The molecule has 5 N–H and O–H groups in total. The predicted octanol–water partition coefficient (Wildman–Crippen LogP) is 4.64. The minimum Gasteiger partial charge on any atom is -0.383 e. The molecule has 1 fully saturated rings. The molecule has 3 aromatic rings. The Bertz CT molecular complexity index is 1110. The minimum absolute atomic E-state index is 0.0234. The zero-order chi connectivity index (χ0) is 22.0. The SMILES string of the molecule is Nc1ncc(C2CCS(O)(O)C2)cc1-c1ccc(C(=O)NCc2ccccc2)c(F)c1. The molecule has 0 saturated carbocycles. The van der Waals surface area contributed by atoms with Gasteiger partial charge in [0, 0.05) is 35.7 Å². The first-order valence-electron chi connectivity index (χ1n) is 9.93. The Hall–Kier alpha value is -2.94. The number of nitrogen functional groups attached to an aromatic ring is 1. The number of amides is 1. The first-order chi connectivity index (χ1) is 14.8. The van der Waals surface area contributed by atoms with E-state index in [-0.39, 0.29) is 17.3 Å². The molecule has 0 bridgehead atoms. The third kappa shape index (κ3) is 4.87. The van der Waals surface area contributed by atoms with Crippen molar-refractivity contribution in [2.45, 2.75) is 18.9 Å². The Balaban J connectivity index is 1.53. The molecule has 1 aromatic heterocycles. The third-order valence-corrected chi connectivity index (χ3v) is 7.32. The van der Waals surface area contributed by atoms with E-state index in [1.54, 1.807) is 12.3 Å². The van der Waals surface area contributed by atoms with Crippen molar-refractivity contribution < 1.29 is 18.3 Å². The first-order valence-corrected chi connectivity index (χ1v) is 11.8. The second kappa shape index (κ2) is 8.66. The smallest absolute Gasteiger partial charge is 0.254 e. The number of hydrogen-bond donors (Lipinski definition) is 4. The number of nitrogens with zero attached hydrogens (tertiary/aromatic N) is 1. The Morgan fingerprint density at radius 1 is 1.19 bits per heavy atom. The van der Waals surface area contributed by atoms with Gasteiger partial charge in [0.2, 0.25) is 0 Å². The molecular formula is C23H24FN3O3S. The van der Waals surface area contributed by atoms with E-state index in [2.05, 4.69) is 10.3 Å². The second-order valence-corrected chi connectivity index (χ2v) is 10.1. The van der Waals surface area contributed by atoms with Crippen LogP contribution < -0.4 is 11.1 Å². The Morgan fingerprint density at radius 3 is 2.65 bits per heavy atom. The summed E-state index contributed by atoms with van der Waals surface area (Å²) < 4.78 is 34.6. The van der Waals surface area contributed by atoms with Gasteiger partial charge in [0.25, 0.3) is 5.91 Å². The van der Waals surface area contributed by atoms with Gasteiger partial charge in [0.05, 0.1) is 5.56 Å². The molecule has 1 unspecified atom stereocenters. The standard InChI is InChI=1S/C23H24FN3O3S/c24-21-11-16(6-7-19(21)23(28)27-12-15-4-2-1-3-5-15)20-10-18(13-26-22(20)25)17-8-9-31(29,30)14-17/h1-7,10-11,13,17,29-30H,8-9,12,14H2,(H2,25,26)(H,27,28). The fourth-order valence-corrected chi connectivity index (χ4v) is 5.60. The van der Waals surface area contributed by atoms with Gasteiger partial charge in [-0.3, -0.25) is 13.9 Å². The van der Waals surface area contributed by atoms with Gasteiger partial charge in [-0.05, 0) is 41.3 Å². The molecule has 1 aliphatic rings. The summed E-state index contributed by atoms with van der Waals surface area (Å²) >= 11 is 0. The van der Waals surface area contributed by atoms with Gasteiger partial charge < -0.3 is 11.1 Å². The highest BCUT2D eigenvalue weighted by Crippen LogP contribution is 2.51. The first kappa shape index (κ1) is 21.3. The number of halogens is 1. The van der Waals surface area contributed by atoms with E-state index in [9.17, 15) is 18.3 Å². The van der Waals surface area contributed by atoms with Crippen LogP contribution in [0.5, 0.6) is 0 Å². The van der Waals surface area contributed by atoms with Crippen molar-refractivity contribution in [2.24, 2.45) is 0 Å². The monoisotopic (exact) mass is 441 g/mol. The fourth-order valence-electron chi connectivity index (χ4n) is 3.77. The van der Waals surface area contributed by atoms with Gasteiger partial charge in [-0.25, -0.2) is 9.37 Å². The zero-order valence-corrected chi connectivity index (χ0v) is 17.6. The second-order valence-electron chi connectivity index (χ2n) is 7.72. The van der Waals surface area contributed by atoms with Crippen molar-refractivity contribution >= 4 is 22.3 Å². The van der Waals surface area contributed by atoms with E-state index < -0.39 is 22.3 Å². The van der Waals surface area contributed by atoms with Crippen molar-refractivity contribution in [2.75, 3.05) is 17.2 Å². The molecule has 8 heteroatoms. The number of benzene rings is 2. The molecule has 4 rings (SSSR count). The van der Waals surface area contributed by atoms with E-state index in [0.29, 0.717) is 35.6 Å². The van der Waals surface area contributed by atoms with Crippen LogP contribution in [-0.4, -0.2) is 31.5 Å². The Morgan fingerprint density at radius 2 is 1.97 bits per heavy atom. The zero-order valence-electron chi connectivity index (χ0n) is 16.8. The number of hydrogen-bond acceptors (Lipinski definition) is 5. The van der Waals surface area contributed by atoms with Crippen LogP contribution in [0.2, 0.25) is 0 Å². The quantitative estimate of drug-likeness (QED) is 0.461. The van der Waals surface area contributed by atoms with Gasteiger partial charge in [-0.1, -0.05) is 36.4 Å². The van der Waals surface area contributed by atoms with Gasteiger partial charge in [-0.2, -0.15) is 10.6 Å². The molecule has 6 nitrogen and oxygen atoms in total. The lowest BCUT2D eigenvalue weighted by Gasteiger charge is -2.26. The van der Waals surface area contributed by atoms with E-state index in [0.717, 1.165) is 11.1 Å². The number of carbonyl (C=O) groups excluding carboxylic acids is 1. The normalized spacial score (nSPS) is 18.5. The molecule has 2 heterocycles. The molecular weight excluding hydrogens is 417 g/mol. The highest BCUT2D eigenvalue weighted by Gasteiger charge is 2.30. The maximum absolute atomic E-state index is 14.8. The number of aromatic nitrogens is 1. The Kier molecular flexibility index (Phi) is 5.95. The number of pyridine rings is 1. The summed E-state index contributed by atoms with van der Waals surface area (Å²) in [5.74, 6) is -0.253. The summed E-state index contributed by atoms with van der Waals surface area (Å²) in [6, 6.07) is 15.6. The molecule has 162 valence electrons.